The second-order valence-corrected chi connectivity index (χ2v) is 7.66. The van der Waals surface area contributed by atoms with Crippen molar-refractivity contribution in [2.24, 2.45) is 5.10 Å². The van der Waals surface area contributed by atoms with Crippen molar-refractivity contribution in [3.8, 4) is 0 Å². The number of hydrogen-bond acceptors (Lipinski definition) is 8. The van der Waals surface area contributed by atoms with Crippen LogP contribution in [0, 0.1) is 10.1 Å². The zero-order chi connectivity index (χ0) is 23.3. The molecule has 1 heterocycles. The van der Waals surface area contributed by atoms with Gasteiger partial charge in [-0.2, -0.15) is 5.10 Å². The summed E-state index contributed by atoms with van der Waals surface area (Å²) in [6.45, 7) is 0.118. The van der Waals surface area contributed by atoms with E-state index in [4.69, 9.17) is 16.3 Å². The lowest BCUT2D eigenvalue weighted by Crippen LogP contribution is -2.17. The summed E-state index contributed by atoms with van der Waals surface area (Å²) in [5.74, 6) is -1.16. The molecule has 0 unspecified atom stereocenters. The number of aromatic nitrogens is 1. The summed E-state index contributed by atoms with van der Waals surface area (Å²) >= 11 is 7.12. The molecule has 0 radical (unpaired) electrons. The number of thiazole rings is 1. The molecular formula is C20H15ClN4O6S. The minimum absolute atomic E-state index is 0.0543. The number of esters is 1. The minimum atomic E-state index is -0.660. The lowest BCUT2D eigenvalue weighted by atomic mass is 10.1. The number of nitrogens with one attached hydrogen (secondary N) is 1. The molecule has 0 aliphatic heterocycles. The Morgan fingerprint density at radius 1 is 1.25 bits per heavy atom. The number of nitro groups is 1. The second-order valence-electron chi connectivity index (χ2n) is 6.31. The highest BCUT2D eigenvalue weighted by Gasteiger charge is 2.14. The zero-order valence-corrected chi connectivity index (χ0v) is 18.1. The van der Waals surface area contributed by atoms with E-state index in [2.05, 4.69) is 10.5 Å². The van der Waals surface area contributed by atoms with Crippen LogP contribution in [0.3, 0.4) is 0 Å². The number of nitro benzene ring substituents is 1. The fourth-order valence-corrected chi connectivity index (χ4v) is 3.80. The Balaban J connectivity index is 1.74. The molecule has 0 aliphatic carbocycles. The predicted molar refractivity (Wildman–Crippen MR) is 119 cm³/mol. The third-order valence-electron chi connectivity index (χ3n) is 4.21. The number of hydrogen-bond donors (Lipinski definition) is 1. The maximum absolute atomic E-state index is 12.4. The summed E-state index contributed by atoms with van der Waals surface area (Å²) in [6.07, 6.45) is 1.21. The van der Waals surface area contributed by atoms with Crippen molar-refractivity contribution in [1.82, 2.24) is 9.99 Å². The Morgan fingerprint density at radius 2 is 1.97 bits per heavy atom. The van der Waals surface area contributed by atoms with E-state index in [9.17, 15) is 24.5 Å². The first-order chi connectivity index (χ1) is 15.3. The molecule has 32 heavy (non-hydrogen) atoms. The van der Waals surface area contributed by atoms with Gasteiger partial charge in [-0.15, -0.1) is 0 Å². The molecule has 0 spiro atoms. The van der Waals surface area contributed by atoms with Gasteiger partial charge in [-0.1, -0.05) is 41.1 Å². The van der Waals surface area contributed by atoms with Crippen LogP contribution in [-0.2, 0) is 11.3 Å². The molecule has 12 heteroatoms. The molecule has 2 aromatic carbocycles. The first-order valence-electron chi connectivity index (χ1n) is 8.94. The maximum atomic E-state index is 12.4. The predicted octanol–water partition coefficient (Wildman–Crippen LogP) is 3.07. The highest BCUT2D eigenvalue weighted by Crippen LogP contribution is 2.19. The first-order valence-corrected chi connectivity index (χ1v) is 10.1. The second kappa shape index (κ2) is 9.98. The molecule has 1 N–H and O–H groups in total. The Labute approximate surface area is 189 Å². The molecule has 10 nitrogen and oxygen atoms in total. The molecule has 0 aliphatic rings. The number of amides is 1. The van der Waals surface area contributed by atoms with E-state index in [0.29, 0.717) is 16.0 Å². The van der Waals surface area contributed by atoms with E-state index in [1.807, 2.05) is 0 Å². The van der Waals surface area contributed by atoms with E-state index >= 15 is 0 Å². The van der Waals surface area contributed by atoms with Gasteiger partial charge in [0.2, 0.25) is 0 Å². The van der Waals surface area contributed by atoms with Crippen molar-refractivity contribution in [3.05, 3.63) is 95.0 Å². The largest absolute Gasteiger partial charge is 0.465 e. The number of non-ortho nitro benzene ring substituents is 1. The van der Waals surface area contributed by atoms with Gasteiger partial charge in [0.25, 0.3) is 11.6 Å². The number of rotatable bonds is 7. The summed E-state index contributed by atoms with van der Waals surface area (Å²) in [5, 5.41) is 14.7. The molecule has 3 rings (SSSR count). The van der Waals surface area contributed by atoms with Crippen LogP contribution in [0.15, 0.2) is 58.4 Å². The van der Waals surface area contributed by atoms with Crippen molar-refractivity contribution in [2.45, 2.75) is 6.54 Å². The van der Waals surface area contributed by atoms with Crippen LogP contribution < -0.4 is 10.3 Å². The third-order valence-corrected chi connectivity index (χ3v) is 5.65. The van der Waals surface area contributed by atoms with Gasteiger partial charge < -0.3 is 4.74 Å². The van der Waals surface area contributed by atoms with E-state index < -0.39 is 16.8 Å². The summed E-state index contributed by atoms with van der Waals surface area (Å²) in [7, 11) is 1.28. The number of nitrogens with zero attached hydrogens (tertiary/aromatic N) is 3. The monoisotopic (exact) mass is 474 g/mol. The van der Waals surface area contributed by atoms with Gasteiger partial charge in [0, 0.05) is 17.7 Å². The lowest BCUT2D eigenvalue weighted by Gasteiger charge is -2.06. The van der Waals surface area contributed by atoms with Crippen molar-refractivity contribution < 1.29 is 19.2 Å². The normalized spacial score (nSPS) is 10.8. The number of ether oxygens (including phenoxy) is 1. The quantitative estimate of drug-likeness (QED) is 0.242. The fraction of sp³-hybridized carbons (Fsp3) is 0.100. The average Bonchev–Trinajstić information content (AvgIpc) is 3.06. The smallest absolute Gasteiger partial charge is 0.337 e. The van der Waals surface area contributed by atoms with E-state index in [-0.39, 0.29) is 27.8 Å². The van der Waals surface area contributed by atoms with Crippen LogP contribution in [0.4, 0.5) is 5.69 Å². The minimum Gasteiger partial charge on any atom is -0.465 e. The molecule has 0 bridgehead atoms. The number of hydrazone groups is 1. The highest BCUT2D eigenvalue weighted by molar-refractivity contribution is 7.11. The topological polar surface area (TPSA) is 133 Å². The van der Waals surface area contributed by atoms with Gasteiger partial charge in [0.05, 0.1) is 35.2 Å². The van der Waals surface area contributed by atoms with E-state index in [0.717, 1.165) is 17.4 Å². The average molecular weight is 475 g/mol. The van der Waals surface area contributed by atoms with Gasteiger partial charge >= 0.3 is 10.8 Å². The number of carbonyl (C=O) groups is 2. The maximum Gasteiger partial charge on any atom is 0.337 e. The van der Waals surface area contributed by atoms with Gasteiger partial charge in [-0.05, 0) is 23.8 Å². The molecule has 1 amide bonds. The van der Waals surface area contributed by atoms with Crippen LogP contribution in [-0.4, -0.2) is 34.7 Å². The summed E-state index contributed by atoms with van der Waals surface area (Å²) < 4.78 is 5.99. The van der Waals surface area contributed by atoms with Crippen LogP contribution >= 0.6 is 22.9 Å². The Morgan fingerprint density at radius 3 is 2.69 bits per heavy atom. The van der Waals surface area contributed by atoms with Crippen molar-refractivity contribution >= 4 is 46.7 Å². The summed E-state index contributed by atoms with van der Waals surface area (Å²) in [4.78, 5) is 46.3. The van der Waals surface area contributed by atoms with Gasteiger partial charge in [-0.25, -0.2) is 10.2 Å². The summed E-state index contributed by atoms with van der Waals surface area (Å²) in [5.41, 5.74) is 3.07. The van der Waals surface area contributed by atoms with Crippen LogP contribution in [0.25, 0.3) is 0 Å². The number of halogens is 1. The molecule has 0 atom stereocenters. The van der Waals surface area contributed by atoms with Crippen molar-refractivity contribution in [2.75, 3.05) is 7.11 Å². The van der Waals surface area contributed by atoms with Gasteiger partial charge in [0.1, 0.15) is 5.15 Å². The molecule has 0 fully saturated rings. The van der Waals surface area contributed by atoms with Crippen LogP contribution in [0.5, 0.6) is 0 Å². The molecule has 3 aromatic rings. The molecule has 164 valence electrons. The van der Waals surface area contributed by atoms with Crippen molar-refractivity contribution in [1.29, 1.82) is 0 Å². The Kier molecular flexibility index (Phi) is 7.13. The molecule has 0 saturated heterocycles. The molecule has 1 aromatic heterocycles. The Bertz CT molecular complexity index is 1280. The van der Waals surface area contributed by atoms with Gasteiger partial charge in [0.15, 0.2) is 0 Å². The van der Waals surface area contributed by atoms with Gasteiger partial charge in [-0.3, -0.25) is 24.3 Å². The van der Waals surface area contributed by atoms with Crippen LogP contribution in [0.2, 0.25) is 5.15 Å². The number of methoxy groups -OCH3 is 1. The first kappa shape index (κ1) is 22.8. The molecule has 0 saturated carbocycles. The fourth-order valence-electron chi connectivity index (χ4n) is 2.69. The number of benzene rings is 2. The van der Waals surface area contributed by atoms with E-state index in [1.54, 1.807) is 24.3 Å². The zero-order valence-electron chi connectivity index (χ0n) is 16.5. The van der Waals surface area contributed by atoms with Crippen molar-refractivity contribution in [3.63, 3.8) is 0 Å². The standard InChI is InChI=1S/C20H15ClN4O6S/c1-31-19(27)14-6-2-4-12(8-14)11-24-17(21)16(32-20(24)28)10-22-23-18(26)13-5-3-7-15(9-13)25(29)30/h2-10H,11H2,1H3,(H,23,26). The number of carbonyl (C=O) groups excluding carboxylic acids is 2. The lowest BCUT2D eigenvalue weighted by molar-refractivity contribution is -0.384. The third kappa shape index (κ3) is 5.25. The van der Waals surface area contributed by atoms with Crippen LogP contribution in [0.1, 0.15) is 31.2 Å². The SMILES string of the molecule is COC(=O)c1cccc(Cn2c(Cl)c(C=NNC(=O)c3cccc([N+](=O)[O-])c3)sc2=O)c1. The Hall–Kier alpha value is -3.83. The highest BCUT2D eigenvalue weighted by atomic mass is 35.5. The molecular weight excluding hydrogens is 460 g/mol. The summed E-state index contributed by atoms with van der Waals surface area (Å²) in [6, 6.07) is 11.8. The van der Waals surface area contributed by atoms with E-state index in [1.165, 1.54) is 36.1 Å².